The number of thiocarbonyl (C=S) groups is 1. The van der Waals surface area contributed by atoms with Crippen LogP contribution < -0.4 is 10.2 Å². The molecule has 2 nitrogen and oxygen atoms in total. The highest BCUT2D eigenvalue weighted by Gasteiger charge is 2.17. The average Bonchev–Trinajstić information content (AvgIpc) is 2.33. The molecule has 0 saturated carbocycles. The monoisotopic (exact) mass is 274 g/mol. The lowest BCUT2D eigenvalue weighted by Crippen LogP contribution is -2.43. The molecule has 0 spiro atoms. The van der Waals surface area contributed by atoms with Gasteiger partial charge in [0.15, 0.2) is 5.11 Å². The van der Waals surface area contributed by atoms with Crippen molar-refractivity contribution in [3.8, 4) is 0 Å². The van der Waals surface area contributed by atoms with Crippen LogP contribution in [0, 0.1) is 5.82 Å². The number of rotatable bonds is 3. The van der Waals surface area contributed by atoms with Crippen molar-refractivity contribution >= 4 is 34.6 Å². The predicted molar refractivity (Wildman–Crippen MR) is 75.3 cm³/mol. The average molecular weight is 275 g/mol. The van der Waals surface area contributed by atoms with Gasteiger partial charge in [-0.25, -0.2) is 4.39 Å². The third kappa shape index (κ3) is 3.30. The van der Waals surface area contributed by atoms with Crippen molar-refractivity contribution in [2.75, 3.05) is 11.9 Å². The van der Waals surface area contributed by atoms with E-state index in [2.05, 4.69) is 19.2 Å². The van der Waals surface area contributed by atoms with Crippen LogP contribution in [0.25, 0.3) is 0 Å². The van der Waals surface area contributed by atoms with E-state index in [4.69, 9.17) is 23.8 Å². The third-order valence-electron chi connectivity index (χ3n) is 2.65. The Hall–Kier alpha value is -0.870. The number of halogens is 2. The SMILES string of the molecule is CCC(C)N(C(=S)NC)c1ccc(F)c(Cl)c1. The number of nitrogens with one attached hydrogen (secondary N) is 1. The maximum absolute atomic E-state index is 13.1. The molecule has 17 heavy (non-hydrogen) atoms. The van der Waals surface area contributed by atoms with Crippen LogP contribution in [0.2, 0.25) is 5.02 Å². The van der Waals surface area contributed by atoms with Crippen molar-refractivity contribution in [1.29, 1.82) is 0 Å². The Kier molecular flexibility index (Phi) is 5.15. The second-order valence-corrected chi connectivity index (χ2v) is 4.57. The summed E-state index contributed by atoms with van der Waals surface area (Å²) in [4.78, 5) is 1.93. The van der Waals surface area contributed by atoms with Crippen LogP contribution in [0.15, 0.2) is 18.2 Å². The van der Waals surface area contributed by atoms with Crippen LogP contribution in [-0.4, -0.2) is 18.2 Å². The highest BCUT2D eigenvalue weighted by Crippen LogP contribution is 2.25. The molecule has 0 aliphatic carbocycles. The minimum Gasteiger partial charge on any atom is -0.365 e. The Balaban J connectivity index is 3.12. The molecule has 0 bridgehead atoms. The van der Waals surface area contributed by atoms with Gasteiger partial charge in [-0.05, 0) is 43.8 Å². The first-order valence-electron chi connectivity index (χ1n) is 5.47. The smallest absolute Gasteiger partial charge is 0.173 e. The van der Waals surface area contributed by atoms with E-state index in [0.29, 0.717) is 5.11 Å². The second kappa shape index (κ2) is 6.17. The molecule has 0 fully saturated rings. The maximum Gasteiger partial charge on any atom is 0.173 e. The standard InChI is InChI=1S/C12H16ClFN2S/c1-4-8(2)16(12(17)15-3)9-5-6-11(14)10(13)7-9/h5-8H,4H2,1-3H3,(H,15,17). The summed E-state index contributed by atoms with van der Waals surface area (Å²) in [6.07, 6.45) is 0.927. The Labute approximate surface area is 112 Å². The zero-order valence-electron chi connectivity index (χ0n) is 10.1. The molecular formula is C12H16ClFN2S. The van der Waals surface area contributed by atoms with E-state index in [9.17, 15) is 4.39 Å². The topological polar surface area (TPSA) is 15.3 Å². The van der Waals surface area contributed by atoms with E-state index >= 15 is 0 Å². The molecule has 5 heteroatoms. The molecule has 0 aliphatic heterocycles. The van der Waals surface area contributed by atoms with E-state index in [1.54, 1.807) is 19.2 Å². The van der Waals surface area contributed by atoms with Gasteiger partial charge in [0, 0.05) is 18.8 Å². The highest BCUT2D eigenvalue weighted by atomic mass is 35.5. The van der Waals surface area contributed by atoms with Gasteiger partial charge in [-0.2, -0.15) is 0 Å². The Morgan fingerprint density at radius 2 is 2.24 bits per heavy atom. The quantitative estimate of drug-likeness (QED) is 0.848. The van der Waals surface area contributed by atoms with Gasteiger partial charge in [-0.15, -0.1) is 0 Å². The zero-order valence-corrected chi connectivity index (χ0v) is 11.7. The molecule has 1 rings (SSSR count). The molecule has 0 radical (unpaired) electrons. The maximum atomic E-state index is 13.1. The third-order valence-corrected chi connectivity index (χ3v) is 3.34. The highest BCUT2D eigenvalue weighted by molar-refractivity contribution is 7.80. The fraction of sp³-hybridized carbons (Fsp3) is 0.417. The van der Waals surface area contributed by atoms with Gasteiger partial charge < -0.3 is 10.2 Å². The molecule has 1 unspecified atom stereocenters. The van der Waals surface area contributed by atoms with Crippen LogP contribution in [0.4, 0.5) is 10.1 Å². The van der Waals surface area contributed by atoms with Gasteiger partial charge in [-0.3, -0.25) is 0 Å². The van der Waals surface area contributed by atoms with Crippen LogP contribution in [-0.2, 0) is 0 Å². The van der Waals surface area contributed by atoms with E-state index in [0.717, 1.165) is 12.1 Å². The van der Waals surface area contributed by atoms with Crippen molar-refractivity contribution < 1.29 is 4.39 Å². The normalized spacial score (nSPS) is 12.1. The number of hydrogen-bond acceptors (Lipinski definition) is 1. The fourth-order valence-corrected chi connectivity index (χ4v) is 1.97. The van der Waals surface area contributed by atoms with E-state index in [1.165, 1.54) is 6.07 Å². The summed E-state index contributed by atoms with van der Waals surface area (Å²) in [5.41, 5.74) is 0.796. The van der Waals surface area contributed by atoms with Crippen molar-refractivity contribution in [3.05, 3.63) is 29.0 Å². The molecule has 1 aromatic rings. The first-order valence-corrected chi connectivity index (χ1v) is 6.25. The van der Waals surface area contributed by atoms with Gasteiger partial charge in [0.1, 0.15) is 5.82 Å². The molecule has 0 saturated heterocycles. The Morgan fingerprint density at radius 1 is 1.59 bits per heavy atom. The van der Waals surface area contributed by atoms with Gasteiger partial charge in [-0.1, -0.05) is 18.5 Å². The summed E-state index contributed by atoms with van der Waals surface area (Å²) < 4.78 is 13.1. The molecule has 0 aliphatic rings. The van der Waals surface area contributed by atoms with E-state index in [1.807, 2.05) is 4.90 Å². The van der Waals surface area contributed by atoms with Gasteiger partial charge in [0.2, 0.25) is 0 Å². The first-order chi connectivity index (χ1) is 8.01. The summed E-state index contributed by atoms with van der Waals surface area (Å²) in [5.74, 6) is -0.421. The summed E-state index contributed by atoms with van der Waals surface area (Å²) in [6, 6.07) is 4.84. The van der Waals surface area contributed by atoms with E-state index < -0.39 is 5.82 Å². The molecule has 0 heterocycles. The summed E-state index contributed by atoms with van der Waals surface area (Å²) in [5, 5.41) is 3.64. The van der Waals surface area contributed by atoms with Gasteiger partial charge >= 0.3 is 0 Å². The fourth-order valence-electron chi connectivity index (χ4n) is 1.51. The van der Waals surface area contributed by atoms with Crippen LogP contribution in [0.5, 0.6) is 0 Å². The molecule has 0 aromatic heterocycles. The summed E-state index contributed by atoms with van der Waals surface area (Å²) in [6.45, 7) is 4.13. The van der Waals surface area contributed by atoms with Crippen molar-refractivity contribution in [3.63, 3.8) is 0 Å². The number of hydrogen-bond donors (Lipinski definition) is 1. The molecular weight excluding hydrogens is 259 g/mol. The molecule has 0 amide bonds. The van der Waals surface area contributed by atoms with Crippen LogP contribution in [0.3, 0.4) is 0 Å². The minimum absolute atomic E-state index is 0.106. The lowest BCUT2D eigenvalue weighted by Gasteiger charge is -2.30. The van der Waals surface area contributed by atoms with Crippen molar-refractivity contribution in [2.24, 2.45) is 0 Å². The molecule has 1 N–H and O–H groups in total. The Morgan fingerprint density at radius 3 is 2.71 bits per heavy atom. The summed E-state index contributed by atoms with van der Waals surface area (Å²) >= 11 is 11.0. The van der Waals surface area contributed by atoms with E-state index in [-0.39, 0.29) is 11.1 Å². The lowest BCUT2D eigenvalue weighted by atomic mass is 10.2. The molecule has 1 atom stereocenters. The largest absolute Gasteiger partial charge is 0.365 e. The number of benzene rings is 1. The van der Waals surface area contributed by atoms with Crippen LogP contribution >= 0.6 is 23.8 Å². The molecule has 94 valence electrons. The second-order valence-electron chi connectivity index (χ2n) is 3.78. The number of nitrogens with zero attached hydrogens (tertiary/aromatic N) is 1. The van der Waals surface area contributed by atoms with Gasteiger partial charge in [0.05, 0.1) is 5.02 Å². The lowest BCUT2D eigenvalue weighted by molar-refractivity contribution is 0.627. The number of anilines is 1. The minimum atomic E-state index is -0.421. The van der Waals surface area contributed by atoms with Crippen molar-refractivity contribution in [2.45, 2.75) is 26.3 Å². The van der Waals surface area contributed by atoms with Gasteiger partial charge in [0.25, 0.3) is 0 Å². The Bertz CT molecular complexity index is 411. The van der Waals surface area contributed by atoms with Crippen LogP contribution in [0.1, 0.15) is 20.3 Å². The van der Waals surface area contributed by atoms with Crippen molar-refractivity contribution in [1.82, 2.24) is 5.32 Å². The molecule has 1 aromatic carbocycles. The predicted octanol–water partition coefficient (Wildman–Crippen LogP) is 3.59. The zero-order chi connectivity index (χ0) is 13.0. The summed E-state index contributed by atoms with van der Waals surface area (Å²) in [7, 11) is 1.77. The first kappa shape index (κ1) is 14.2.